The molecule has 0 aliphatic heterocycles. The molecular weight excluding hydrogens is 783 g/mol. The summed E-state index contributed by atoms with van der Waals surface area (Å²) in [5, 5.41) is 46.3. The first kappa shape index (κ1) is 42.7. The zero-order valence-corrected chi connectivity index (χ0v) is 28.9. The topological polar surface area (TPSA) is 229 Å². The van der Waals surface area contributed by atoms with E-state index in [2.05, 4.69) is 0 Å². The number of carboxylic acid groups (broad SMARTS) is 4. The molecule has 3 atom stereocenters. The number of aryl methyl sites for hydroxylation is 1. The average Bonchev–Trinajstić information content (AvgIpc) is 2.98. The molecule has 3 unspecified atom stereocenters. The maximum atomic E-state index is 12.6. The van der Waals surface area contributed by atoms with E-state index < -0.39 is 83.1 Å². The molecule has 15 nitrogen and oxygen atoms in total. The molecule has 0 saturated carbocycles. The molecule has 0 aromatic heterocycles. The number of nitrogens with zero attached hydrogens (tertiary/aromatic N) is 3. The molecule has 0 fully saturated rings. The van der Waals surface area contributed by atoms with Crippen LogP contribution in [-0.4, -0.2) is 104 Å². The minimum Gasteiger partial charge on any atom is -0.756 e. The Balaban J connectivity index is 0.0000110. The summed E-state index contributed by atoms with van der Waals surface area (Å²) in [6.07, 6.45) is 0.840. The first-order valence-electron chi connectivity index (χ1n) is 14.5. The molecule has 0 spiro atoms. The second kappa shape index (κ2) is 22.3. The number of carbonyl (C=O) groups excluding carboxylic acids is 4. The predicted octanol–water partition coefficient (Wildman–Crippen LogP) is -3.84. The van der Waals surface area contributed by atoms with Gasteiger partial charge in [0.15, 0.2) is 0 Å². The Kier molecular flexibility index (Phi) is 20.2. The number of benzene rings is 2. The number of aliphatic carboxylic acids is 4. The summed E-state index contributed by atoms with van der Waals surface area (Å²) < 4.78 is 22.6. The zero-order chi connectivity index (χ0) is 34.1. The van der Waals surface area contributed by atoms with Gasteiger partial charge in [-0.3, -0.25) is 19.3 Å². The van der Waals surface area contributed by atoms with E-state index in [1.807, 2.05) is 30.3 Å². The van der Waals surface area contributed by atoms with Gasteiger partial charge in [0, 0.05) is 51.4 Å². The van der Waals surface area contributed by atoms with Crippen molar-refractivity contribution in [3.8, 4) is 0 Å². The van der Waals surface area contributed by atoms with E-state index in [0.29, 0.717) is 18.4 Å². The van der Waals surface area contributed by atoms with Crippen LogP contribution in [0.2, 0.25) is 0 Å². The molecule has 0 amide bonds. The first-order chi connectivity index (χ1) is 21.8. The van der Waals surface area contributed by atoms with Gasteiger partial charge in [0.2, 0.25) is 0 Å². The van der Waals surface area contributed by atoms with E-state index in [-0.39, 0.29) is 59.6 Å². The van der Waals surface area contributed by atoms with Crippen LogP contribution in [0.5, 0.6) is 0 Å². The fourth-order valence-electron chi connectivity index (χ4n) is 4.88. The fraction of sp³-hybridized carbons (Fsp3) is 0.467. The van der Waals surface area contributed by atoms with Gasteiger partial charge in [-0.15, -0.1) is 0 Å². The Morgan fingerprint density at radius 2 is 1.26 bits per heavy atom. The Morgan fingerprint density at radius 1 is 0.745 bits per heavy atom. The van der Waals surface area contributed by atoms with Crippen molar-refractivity contribution in [2.24, 2.45) is 0 Å². The van der Waals surface area contributed by atoms with E-state index in [1.54, 1.807) is 37.3 Å². The average molecular weight is 820 g/mol. The number of hydrogen-bond acceptors (Lipinski definition) is 15. The number of likely N-dealkylation sites (N-methyl/N-ethyl adjacent to an activating group) is 1. The zero-order valence-electron chi connectivity index (χ0n) is 25.7. The van der Waals surface area contributed by atoms with E-state index in [4.69, 9.17) is 9.05 Å². The van der Waals surface area contributed by atoms with Gasteiger partial charge in [-0.1, -0.05) is 67.6 Å². The van der Waals surface area contributed by atoms with E-state index >= 15 is 0 Å². The third kappa shape index (κ3) is 17.6. The Bertz CT molecular complexity index is 1290. The maximum Gasteiger partial charge on any atom is 3.00 e. The van der Waals surface area contributed by atoms with Crippen molar-refractivity contribution in [3.05, 3.63) is 71.8 Å². The number of carboxylic acids is 4. The summed E-state index contributed by atoms with van der Waals surface area (Å²) in [6.45, 7) is -3.04. The van der Waals surface area contributed by atoms with Crippen LogP contribution in [-0.2, 0) is 39.2 Å². The van der Waals surface area contributed by atoms with Crippen LogP contribution in [0.3, 0.4) is 0 Å². The van der Waals surface area contributed by atoms with Crippen molar-refractivity contribution in [2.75, 3.05) is 59.0 Å². The second-order valence-electron chi connectivity index (χ2n) is 10.4. The molecule has 0 aliphatic rings. The van der Waals surface area contributed by atoms with Gasteiger partial charge in [-0.2, -0.15) is 0 Å². The molecule has 259 valence electrons. The monoisotopic (exact) mass is 820 g/mol. The second-order valence-corrected chi connectivity index (χ2v) is 11.8. The van der Waals surface area contributed by atoms with E-state index in [0.717, 1.165) is 10.5 Å². The van der Waals surface area contributed by atoms with Crippen LogP contribution < -0.4 is 25.3 Å². The number of phosphoric ester groups is 1. The summed E-state index contributed by atoms with van der Waals surface area (Å²) in [5.41, 5.74) is 1.56. The van der Waals surface area contributed by atoms with Crippen molar-refractivity contribution < 1.29 is 98.1 Å². The molecule has 47 heavy (non-hydrogen) atoms. The smallest absolute Gasteiger partial charge is 0.756 e. The molecule has 17 heteroatoms. The molecule has 0 bridgehead atoms. The molecule has 0 heterocycles. The molecule has 2 aromatic rings. The van der Waals surface area contributed by atoms with Crippen LogP contribution in [0.1, 0.15) is 30.5 Å². The molecule has 0 saturated heterocycles. The third-order valence-corrected chi connectivity index (χ3v) is 7.89. The van der Waals surface area contributed by atoms with Crippen molar-refractivity contribution >= 4 is 31.7 Å². The Hall–Kier alpha value is -2.37. The normalized spacial score (nSPS) is 13.9. The van der Waals surface area contributed by atoms with Gasteiger partial charge in [-0.25, -0.2) is 0 Å². The summed E-state index contributed by atoms with van der Waals surface area (Å²) in [7, 11) is -4.99. The minimum absolute atomic E-state index is 0. The van der Waals surface area contributed by atoms with Crippen molar-refractivity contribution in [1.29, 1.82) is 0 Å². The summed E-state index contributed by atoms with van der Waals surface area (Å²) in [6, 6.07) is 15.6. The van der Waals surface area contributed by atoms with Crippen molar-refractivity contribution in [3.63, 3.8) is 0 Å². The van der Waals surface area contributed by atoms with Crippen LogP contribution in [0.15, 0.2) is 60.7 Å². The summed E-state index contributed by atoms with van der Waals surface area (Å²) in [5.74, 6) is -6.34. The molecule has 1 radical (unpaired) electrons. The molecule has 2 aromatic carbocycles. The molecule has 0 aliphatic carbocycles. The largest absolute Gasteiger partial charge is 3.00 e. The van der Waals surface area contributed by atoms with Crippen LogP contribution in [0, 0.1) is 39.9 Å². The van der Waals surface area contributed by atoms with Crippen LogP contribution in [0.4, 0.5) is 0 Å². The number of rotatable bonds is 24. The van der Waals surface area contributed by atoms with Crippen molar-refractivity contribution in [1.82, 2.24) is 14.7 Å². The summed E-state index contributed by atoms with van der Waals surface area (Å²) >= 11 is 0. The molecule has 2 rings (SSSR count). The van der Waals surface area contributed by atoms with Crippen LogP contribution in [0.25, 0.3) is 0 Å². The Labute approximate surface area is 305 Å². The summed E-state index contributed by atoms with van der Waals surface area (Å²) in [4.78, 5) is 62.5. The van der Waals surface area contributed by atoms with Crippen LogP contribution >= 0.6 is 7.82 Å². The van der Waals surface area contributed by atoms with Crippen molar-refractivity contribution in [2.45, 2.75) is 31.8 Å². The van der Waals surface area contributed by atoms with Gasteiger partial charge in [0.05, 0.1) is 37.1 Å². The quantitative estimate of drug-likeness (QED) is 0.0730. The number of hydrogen-bond donors (Lipinski definition) is 0. The minimum atomic E-state index is -4.99. The Morgan fingerprint density at radius 3 is 1.77 bits per heavy atom. The number of phosphoric acid groups is 1. The van der Waals surface area contributed by atoms with Gasteiger partial charge >= 0.3 is 39.9 Å². The van der Waals surface area contributed by atoms with E-state index in [9.17, 15) is 49.1 Å². The fourth-order valence-corrected chi connectivity index (χ4v) is 5.66. The van der Waals surface area contributed by atoms with E-state index in [1.165, 1.54) is 9.80 Å². The van der Waals surface area contributed by atoms with Gasteiger partial charge < -0.3 is 53.5 Å². The maximum absolute atomic E-state index is 12.6. The standard InChI is InChI=1S/C30H42N3O12P.Gd/c1-2-32(19-28(36)37)26(24-13-7-4-8-14-24)17-31(18-27(34)35)16-25(33(20-29(38)39)21-30(40)41)22-45-46(42,43)44-15-9-12-23-10-5-3-6-11-23;/h3-8,10-11,13-14,25-26H,2,9,12,15-22H2,1H3,(H,34,35)(H,36,37)(H,38,39)(H,40,41)(H,42,43);/q;+3/p-5. The van der Waals surface area contributed by atoms with Gasteiger partial charge in [0.25, 0.3) is 7.82 Å². The van der Waals surface area contributed by atoms with Gasteiger partial charge in [0.1, 0.15) is 0 Å². The third-order valence-electron chi connectivity index (χ3n) is 6.92. The SMILES string of the molecule is CCN(CC(=O)[O-])C(CN(CC(=O)[O-])CC(COP(=O)([O-])OCCCc1ccccc1)N(CC(=O)[O-])CC(=O)[O-])c1ccccc1.[Gd+3]. The predicted molar refractivity (Wildman–Crippen MR) is 153 cm³/mol. The van der Waals surface area contributed by atoms with Gasteiger partial charge in [-0.05, 0) is 30.5 Å². The molecule has 0 N–H and O–H groups in total. The molecular formula is C30H37GdN3O12P-2. The number of carbonyl (C=O) groups is 4. The first-order valence-corrected chi connectivity index (χ1v) is 15.9.